The van der Waals surface area contributed by atoms with Crippen molar-refractivity contribution in [2.45, 2.75) is 26.1 Å². The van der Waals surface area contributed by atoms with Crippen LogP contribution in [0.4, 0.5) is 10.1 Å². The van der Waals surface area contributed by atoms with Gasteiger partial charge in [0.15, 0.2) is 5.96 Å². The lowest BCUT2D eigenvalue weighted by molar-refractivity contribution is 0.185. The first-order valence-corrected chi connectivity index (χ1v) is 8.18. The topological polar surface area (TPSA) is 68.9 Å². The number of benzene rings is 2. The Morgan fingerprint density at radius 2 is 2.04 bits per heavy atom. The van der Waals surface area contributed by atoms with Gasteiger partial charge in [0.25, 0.3) is 0 Å². The lowest BCUT2D eigenvalue weighted by Gasteiger charge is -2.16. The lowest BCUT2D eigenvalue weighted by atomic mass is 10.2. The van der Waals surface area contributed by atoms with E-state index < -0.39 is 0 Å². The van der Waals surface area contributed by atoms with Crippen molar-refractivity contribution in [1.29, 1.82) is 0 Å². The molecule has 2 aromatic rings. The number of guanidine groups is 1. The number of halogens is 1. The molecule has 0 aliphatic rings. The Bertz CT molecular complexity index is 707. The number of rotatable bonds is 8. The number of nitrogens with zero attached hydrogens (tertiary/aromatic N) is 1. The molecule has 0 fully saturated rings. The molecule has 1 unspecified atom stereocenters. The largest absolute Gasteiger partial charge is 0.488 e. The average Bonchev–Trinajstić information content (AvgIpc) is 2.60. The monoisotopic (exact) mass is 345 g/mol. The van der Waals surface area contributed by atoms with Crippen LogP contribution >= 0.6 is 0 Å². The highest BCUT2D eigenvalue weighted by Crippen LogP contribution is 2.16. The first-order valence-electron chi connectivity index (χ1n) is 8.18. The van der Waals surface area contributed by atoms with Crippen LogP contribution in [0.2, 0.25) is 0 Å². The number of aliphatic imine (C=N–C) groups is 1. The van der Waals surface area contributed by atoms with Gasteiger partial charge >= 0.3 is 0 Å². The van der Waals surface area contributed by atoms with Crippen molar-refractivity contribution < 1.29 is 13.9 Å². The molecular formula is C19H24FN3O2. The minimum absolute atomic E-state index is 0.184. The molecule has 25 heavy (non-hydrogen) atoms. The van der Waals surface area contributed by atoms with Crippen LogP contribution in [0.25, 0.3) is 0 Å². The van der Waals surface area contributed by atoms with E-state index >= 15 is 0 Å². The highest BCUT2D eigenvalue weighted by molar-refractivity contribution is 5.92. The highest BCUT2D eigenvalue weighted by atomic mass is 19.1. The molecule has 5 nitrogen and oxygen atoms in total. The van der Waals surface area contributed by atoms with Crippen LogP contribution in [0.3, 0.4) is 0 Å². The van der Waals surface area contributed by atoms with Gasteiger partial charge in [-0.05, 0) is 24.6 Å². The van der Waals surface area contributed by atoms with Crippen LogP contribution in [0.1, 0.15) is 18.9 Å². The molecule has 0 aromatic heterocycles. The molecule has 0 aliphatic heterocycles. The molecule has 134 valence electrons. The maximum Gasteiger partial charge on any atom is 0.193 e. The minimum Gasteiger partial charge on any atom is -0.488 e. The van der Waals surface area contributed by atoms with Crippen LogP contribution in [0.5, 0.6) is 5.75 Å². The molecule has 3 N–H and O–H groups in total. The molecule has 6 heteroatoms. The maximum atomic E-state index is 13.2. The number of para-hydroxylation sites is 1. The number of ether oxygens (including phenoxy) is 2. The van der Waals surface area contributed by atoms with E-state index in [0.29, 0.717) is 24.9 Å². The van der Waals surface area contributed by atoms with Gasteiger partial charge in [-0.2, -0.15) is 0 Å². The molecule has 0 aliphatic carbocycles. The molecular weight excluding hydrogens is 321 g/mol. The number of hydrogen-bond acceptors (Lipinski definition) is 3. The van der Waals surface area contributed by atoms with E-state index in [1.807, 2.05) is 31.2 Å². The second-order valence-electron chi connectivity index (χ2n) is 5.55. The van der Waals surface area contributed by atoms with Gasteiger partial charge in [-0.15, -0.1) is 0 Å². The predicted molar refractivity (Wildman–Crippen MR) is 98.4 cm³/mol. The summed E-state index contributed by atoms with van der Waals surface area (Å²) >= 11 is 0. The van der Waals surface area contributed by atoms with Gasteiger partial charge in [-0.25, -0.2) is 9.38 Å². The van der Waals surface area contributed by atoms with Crippen molar-refractivity contribution in [3.8, 4) is 5.75 Å². The Hall–Kier alpha value is -2.60. The predicted octanol–water partition coefficient (Wildman–Crippen LogP) is 3.56. The van der Waals surface area contributed by atoms with Crippen LogP contribution in [0, 0.1) is 5.82 Å². The number of hydrogen-bond donors (Lipinski definition) is 2. The molecule has 2 aromatic carbocycles. The zero-order chi connectivity index (χ0) is 18.1. The third-order valence-corrected chi connectivity index (χ3v) is 3.60. The summed E-state index contributed by atoms with van der Waals surface area (Å²) in [6, 6.07) is 13.8. The summed E-state index contributed by atoms with van der Waals surface area (Å²) in [5.41, 5.74) is 7.82. The number of nitrogens with two attached hydrogens (primary N) is 1. The summed E-state index contributed by atoms with van der Waals surface area (Å²) in [7, 11) is 1.64. The molecule has 0 saturated heterocycles. The van der Waals surface area contributed by atoms with Crippen molar-refractivity contribution in [2.75, 3.05) is 19.0 Å². The standard InChI is InChI=1S/C19H24FN3O2/c1-3-16(25-17-9-6-8-15(20)11-17)12-22-19(21)23-18-10-5-4-7-14(18)13-24-2/h4-11,16H,3,12-13H2,1-2H3,(H3,21,22,23). The minimum atomic E-state index is -0.327. The van der Waals surface area contributed by atoms with Crippen LogP contribution in [-0.4, -0.2) is 25.7 Å². The number of methoxy groups -OCH3 is 1. The van der Waals surface area contributed by atoms with Crippen LogP contribution in [-0.2, 0) is 11.3 Å². The van der Waals surface area contributed by atoms with E-state index in [1.165, 1.54) is 12.1 Å². The zero-order valence-electron chi connectivity index (χ0n) is 14.5. The normalized spacial score (nSPS) is 12.7. The summed E-state index contributed by atoms with van der Waals surface area (Å²) in [4.78, 5) is 4.33. The van der Waals surface area contributed by atoms with Gasteiger partial charge in [0.1, 0.15) is 17.7 Å². The molecule has 0 heterocycles. The maximum absolute atomic E-state index is 13.2. The van der Waals surface area contributed by atoms with E-state index in [1.54, 1.807) is 19.2 Å². The second kappa shape index (κ2) is 9.64. The van der Waals surface area contributed by atoms with Gasteiger partial charge < -0.3 is 20.5 Å². The van der Waals surface area contributed by atoms with Gasteiger partial charge in [0.2, 0.25) is 0 Å². The Morgan fingerprint density at radius 3 is 2.76 bits per heavy atom. The Morgan fingerprint density at radius 1 is 1.24 bits per heavy atom. The number of nitrogens with one attached hydrogen (secondary N) is 1. The third kappa shape index (κ3) is 6.08. The van der Waals surface area contributed by atoms with Crippen molar-refractivity contribution in [3.05, 3.63) is 59.9 Å². The van der Waals surface area contributed by atoms with E-state index in [2.05, 4.69) is 10.3 Å². The van der Waals surface area contributed by atoms with Crippen molar-refractivity contribution in [3.63, 3.8) is 0 Å². The van der Waals surface area contributed by atoms with Crippen LogP contribution in [0.15, 0.2) is 53.5 Å². The van der Waals surface area contributed by atoms with E-state index in [4.69, 9.17) is 15.2 Å². The third-order valence-electron chi connectivity index (χ3n) is 3.60. The smallest absolute Gasteiger partial charge is 0.193 e. The van der Waals surface area contributed by atoms with E-state index in [9.17, 15) is 4.39 Å². The van der Waals surface area contributed by atoms with Crippen LogP contribution < -0.4 is 15.8 Å². The molecule has 1 atom stereocenters. The first kappa shape index (κ1) is 18.7. The fourth-order valence-electron chi connectivity index (χ4n) is 2.28. The van der Waals surface area contributed by atoms with E-state index in [0.717, 1.165) is 17.7 Å². The van der Waals surface area contributed by atoms with Gasteiger partial charge in [0, 0.05) is 24.4 Å². The molecule has 0 spiro atoms. The zero-order valence-corrected chi connectivity index (χ0v) is 14.5. The number of anilines is 1. The molecule has 0 radical (unpaired) electrons. The fourth-order valence-corrected chi connectivity index (χ4v) is 2.28. The van der Waals surface area contributed by atoms with Gasteiger partial charge in [-0.1, -0.05) is 31.2 Å². The van der Waals surface area contributed by atoms with Gasteiger partial charge in [-0.3, -0.25) is 0 Å². The Kier molecular flexibility index (Phi) is 7.22. The molecule has 0 bridgehead atoms. The van der Waals surface area contributed by atoms with Crippen molar-refractivity contribution in [2.24, 2.45) is 10.7 Å². The van der Waals surface area contributed by atoms with Crippen molar-refractivity contribution >= 4 is 11.6 Å². The first-order chi connectivity index (χ1) is 12.1. The molecule has 2 rings (SSSR count). The molecule has 0 saturated carbocycles. The highest BCUT2D eigenvalue weighted by Gasteiger charge is 2.09. The Labute approximate surface area is 147 Å². The Balaban J connectivity index is 1.97. The van der Waals surface area contributed by atoms with E-state index in [-0.39, 0.29) is 11.9 Å². The SMILES string of the molecule is CCC(CN=C(N)Nc1ccccc1COC)Oc1cccc(F)c1. The summed E-state index contributed by atoms with van der Waals surface area (Å²) in [5, 5.41) is 3.08. The summed E-state index contributed by atoms with van der Waals surface area (Å²) in [6.45, 7) is 2.84. The lowest BCUT2D eigenvalue weighted by Crippen LogP contribution is -2.27. The molecule has 0 amide bonds. The quantitative estimate of drug-likeness (QED) is 0.567. The summed E-state index contributed by atoms with van der Waals surface area (Å²) in [6.07, 6.45) is 0.546. The summed E-state index contributed by atoms with van der Waals surface area (Å²) in [5.74, 6) is 0.454. The van der Waals surface area contributed by atoms with Gasteiger partial charge in [0.05, 0.1) is 13.2 Å². The fraction of sp³-hybridized carbons (Fsp3) is 0.316. The average molecular weight is 345 g/mol. The summed E-state index contributed by atoms with van der Waals surface area (Å²) < 4.78 is 24.2. The van der Waals surface area contributed by atoms with Crippen molar-refractivity contribution in [1.82, 2.24) is 0 Å². The second-order valence-corrected chi connectivity index (χ2v) is 5.55.